The highest BCUT2D eigenvalue weighted by Gasteiger charge is 2.09. The molecule has 0 bridgehead atoms. The lowest BCUT2D eigenvalue weighted by atomic mass is 10.3. The highest BCUT2D eigenvalue weighted by atomic mass is 35.5. The number of rotatable bonds is 2. The van der Waals surface area contributed by atoms with Crippen LogP contribution in [0.25, 0.3) is 0 Å². The Morgan fingerprint density at radius 3 is 2.27 bits per heavy atom. The molecule has 0 saturated carbocycles. The third kappa shape index (κ3) is 3.42. The van der Waals surface area contributed by atoms with Gasteiger partial charge in [0, 0.05) is 5.02 Å². The number of carbonyl (C=O) groups excluding carboxylic acids is 1. The molecule has 1 aromatic rings. The maximum Gasteiger partial charge on any atom is 0.248 e. The van der Waals surface area contributed by atoms with E-state index in [1.54, 1.807) is 13.0 Å². The zero-order valence-electron chi connectivity index (χ0n) is 7.85. The zero-order chi connectivity index (χ0) is 11.4. The van der Waals surface area contributed by atoms with Crippen molar-refractivity contribution >= 4 is 46.4 Å². The number of hydrogen-bond acceptors (Lipinski definition) is 1. The first kappa shape index (κ1) is 12.4. The first-order chi connectivity index (χ1) is 7.04. The quantitative estimate of drug-likeness (QED) is 0.798. The van der Waals surface area contributed by atoms with Crippen molar-refractivity contribution in [3.05, 3.63) is 39.4 Å². The van der Waals surface area contributed by atoms with Crippen molar-refractivity contribution in [3.8, 4) is 0 Å². The van der Waals surface area contributed by atoms with E-state index in [-0.39, 0.29) is 5.91 Å². The Morgan fingerprint density at radius 2 is 1.80 bits per heavy atom. The number of carbonyl (C=O) groups is 1. The Kier molecular flexibility index (Phi) is 4.45. The first-order valence-electron chi connectivity index (χ1n) is 4.13. The molecule has 1 aromatic carbocycles. The highest BCUT2D eigenvalue weighted by molar-refractivity contribution is 6.42. The molecule has 0 atom stereocenters. The first-order valence-corrected chi connectivity index (χ1v) is 5.26. The fourth-order valence-corrected chi connectivity index (χ4v) is 1.89. The van der Waals surface area contributed by atoms with E-state index in [9.17, 15) is 4.79 Å². The maximum atomic E-state index is 11.3. The molecule has 0 unspecified atom stereocenters. The second-order valence-electron chi connectivity index (χ2n) is 2.73. The standard InChI is InChI=1S/C10H8Cl3NO/c1-2-3-9(15)14-10-7(12)4-6(11)5-8(10)13/h2-5H,1H3,(H,14,15)/b3-2+. The van der Waals surface area contributed by atoms with Crippen molar-refractivity contribution in [3.63, 3.8) is 0 Å². The molecule has 1 N–H and O–H groups in total. The number of halogens is 3. The largest absolute Gasteiger partial charge is 0.320 e. The maximum absolute atomic E-state index is 11.3. The third-order valence-electron chi connectivity index (χ3n) is 1.57. The Labute approximate surface area is 103 Å². The molecule has 0 fully saturated rings. The number of anilines is 1. The Balaban J connectivity index is 3.00. The van der Waals surface area contributed by atoms with Crippen molar-refractivity contribution in [1.82, 2.24) is 0 Å². The summed E-state index contributed by atoms with van der Waals surface area (Å²) in [6.45, 7) is 1.74. The van der Waals surface area contributed by atoms with Gasteiger partial charge in [-0.2, -0.15) is 0 Å². The minimum absolute atomic E-state index is 0.288. The minimum atomic E-state index is -0.288. The molecule has 0 heterocycles. The van der Waals surface area contributed by atoms with Crippen LogP contribution in [-0.4, -0.2) is 5.91 Å². The van der Waals surface area contributed by atoms with Crippen molar-refractivity contribution in [2.45, 2.75) is 6.92 Å². The lowest BCUT2D eigenvalue weighted by molar-refractivity contribution is -0.111. The van der Waals surface area contributed by atoms with Crippen molar-refractivity contribution in [2.75, 3.05) is 5.32 Å². The van der Waals surface area contributed by atoms with Gasteiger partial charge in [-0.3, -0.25) is 4.79 Å². The van der Waals surface area contributed by atoms with Crippen molar-refractivity contribution < 1.29 is 4.79 Å². The van der Waals surface area contributed by atoms with Crippen molar-refractivity contribution in [1.29, 1.82) is 0 Å². The summed E-state index contributed by atoms with van der Waals surface area (Å²) in [6.07, 6.45) is 2.99. The number of benzene rings is 1. The van der Waals surface area contributed by atoms with Crippen LogP contribution in [0.15, 0.2) is 24.3 Å². The van der Waals surface area contributed by atoms with Crippen LogP contribution in [0.3, 0.4) is 0 Å². The Morgan fingerprint density at radius 1 is 1.27 bits per heavy atom. The van der Waals surface area contributed by atoms with Gasteiger partial charge < -0.3 is 5.32 Å². The molecule has 0 aliphatic carbocycles. The summed E-state index contributed by atoms with van der Waals surface area (Å²) in [6, 6.07) is 3.03. The summed E-state index contributed by atoms with van der Waals surface area (Å²) < 4.78 is 0. The molecular weight excluding hydrogens is 256 g/mol. The molecule has 0 saturated heterocycles. The van der Waals surface area contributed by atoms with E-state index in [0.717, 1.165) is 0 Å². The van der Waals surface area contributed by atoms with Crippen LogP contribution in [0.4, 0.5) is 5.69 Å². The van der Waals surface area contributed by atoms with Gasteiger partial charge >= 0.3 is 0 Å². The molecule has 1 amide bonds. The molecule has 15 heavy (non-hydrogen) atoms. The average molecular weight is 265 g/mol. The molecule has 0 aromatic heterocycles. The molecule has 0 spiro atoms. The van der Waals surface area contributed by atoms with Gasteiger partial charge in [-0.05, 0) is 25.1 Å². The highest BCUT2D eigenvalue weighted by Crippen LogP contribution is 2.33. The Hall–Kier alpha value is -0.700. The number of allylic oxidation sites excluding steroid dienone is 1. The van der Waals surface area contributed by atoms with Gasteiger partial charge in [0.15, 0.2) is 0 Å². The SMILES string of the molecule is C/C=C/C(=O)Nc1c(Cl)cc(Cl)cc1Cl. The molecule has 1 rings (SSSR count). The summed E-state index contributed by atoms with van der Waals surface area (Å²) in [5.74, 6) is -0.288. The predicted molar refractivity (Wildman–Crippen MR) is 64.9 cm³/mol. The summed E-state index contributed by atoms with van der Waals surface area (Å²) in [4.78, 5) is 11.3. The van der Waals surface area contributed by atoms with Crippen LogP contribution in [0.2, 0.25) is 15.1 Å². The second kappa shape index (κ2) is 5.40. The average Bonchev–Trinajstić information content (AvgIpc) is 2.11. The number of hydrogen-bond donors (Lipinski definition) is 1. The van der Waals surface area contributed by atoms with Gasteiger partial charge in [0.05, 0.1) is 15.7 Å². The lowest BCUT2D eigenvalue weighted by Crippen LogP contribution is -2.08. The molecule has 5 heteroatoms. The monoisotopic (exact) mass is 263 g/mol. The fourth-order valence-electron chi connectivity index (χ4n) is 0.978. The van der Waals surface area contributed by atoms with Crippen LogP contribution < -0.4 is 5.32 Å². The molecule has 0 aliphatic heterocycles. The summed E-state index contributed by atoms with van der Waals surface area (Å²) >= 11 is 17.5. The molecule has 0 aliphatic rings. The minimum Gasteiger partial charge on any atom is -0.320 e. The van der Waals surface area contributed by atoms with E-state index in [1.165, 1.54) is 18.2 Å². The lowest BCUT2D eigenvalue weighted by Gasteiger charge is -2.07. The molecular formula is C10H8Cl3NO. The van der Waals surface area contributed by atoms with Gasteiger partial charge in [-0.25, -0.2) is 0 Å². The van der Waals surface area contributed by atoms with E-state index in [0.29, 0.717) is 20.8 Å². The molecule has 80 valence electrons. The number of amides is 1. The summed E-state index contributed by atoms with van der Waals surface area (Å²) in [5.41, 5.74) is 0.367. The summed E-state index contributed by atoms with van der Waals surface area (Å²) in [5, 5.41) is 3.60. The van der Waals surface area contributed by atoms with Crippen LogP contribution in [0, 0.1) is 0 Å². The van der Waals surface area contributed by atoms with E-state index in [1.807, 2.05) is 0 Å². The topological polar surface area (TPSA) is 29.1 Å². The fraction of sp³-hybridized carbons (Fsp3) is 0.100. The van der Waals surface area contributed by atoms with Gasteiger partial charge in [0.2, 0.25) is 5.91 Å². The van der Waals surface area contributed by atoms with Crippen LogP contribution in [0.5, 0.6) is 0 Å². The van der Waals surface area contributed by atoms with Crippen molar-refractivity contribution in [2.24, 2.45) is 0 Å². The zero-order valence-corrected chi connectivity index (χ0v) is 10.1. The normalized spacial score (nSPS) is 10.7. The van der Waals surface area contributed by atoms with E-state index in [4.69, 9.17) is 34.8 Å². The molecule has 0 radical (unpaired) electrons. The van der Waals surface area contributed by atoms with E-state index >= 15 is 0 Å². The van der Waals surface area contributed by atoms with E-state index in [2.05, 4.69) is 5.32 Å². The smallest absolute Gasteiger partial charge is 0.248 e. The summed E-state index contributed by atoms with van der Waals surface area (Å²) in [7, 11) is 0. The van der Waals surface area contributed by atoms with E-state index < -0.39 is 0 Å². The predicted octanol–water partition coefficient (Wildman–Crippen LogP) is 4.16. The number of nitrogens with one attached hydrogen (secondary N) is 1. The molecule has 2 nitrogen and oxygen atoms in total. The van der Waals surface area contributed by atoms with Gasteiger partial charge in [-0.1, -0.05) is 40.9 Å². The Bertz CT molecular complexity index is 392. The van der Waals surface area contributed by atoms with Gasteiger partial charge in [-0.15, -0.1) is 0 Å². The second-order valence-corrected chi connectivity index (χ2v) is 3.98. The van der Waals surface area contributed by atoms with Gasteiger partial charge in [0.1, 0.15) is 0 Å². The third-order valence-corrected chi connectivity index (χ3v) is 2.39. The van der Waals surface area contributed by atoms with Crippen LogP contribution >= 0.6 is 34.8 Å². The van der Waals surface area contributed by atoms with Gasteiger partial charge in [0.25, 0.3) is 0 Å². The van der Waals surface area contributed by atoms with Crippen LogP contribution in [-0.2, 0) is 4.79 Å². The van der Waals surface area contributed by atoms with Crippen LogP contribution in [0.1, 0.15) is 6.92 Å².